The van der Waals surface area contributed by atoms with Gasteiger partial charge >= 0.3 is 0 Å². The molecule has 2 aromatic rings. The number of halogens is 1. The van der Waals surface area contributed by atoms with Crippen molar-refractivity contribution in [2.75, 3.05) is 13.6 Å². The van der Waals surface area contributed by atoms with Crippen LogP contribution < -0.4 is 4.72 Å². The van der Waals surface area contributed by atoms with Gasteiger partial charge in [-0.15, -0.1) is 0 Å². The Morgan fingerprint density at radius 2 is 1.96 bits per heavy atom. The normalized spacial score (nSPS) is 11.2. The second-order valence-corrected chi connectivity index (χ2v) is 7.89. The monoisotopic (exact) mass is 411 g/mol. The molecule has 8 heteroatoms. The first-order valence-electron chi connectivity index (χ1n) is 7.26. The molecule has 1 heterocycles. The Labute approximate surface area is 150 Å². The predicted octanol–water partition coefficient (Wildman–Crippen LogP) is 2.17. The van der Waals surface area contributed by atoms with Crippen molar-refractivity contribution in [1.29, 1.82) is 0 Å². The van der Waals surface area contributed by atoms with Crippen LogP contribution in [0.5, 0.6) is 0 Å². The average Bonchev–Trinajstić information content (AvgIpc) is 2.55. The van der Waals surface area contributed by atoms with Gasteiger partial charge in [0.15, 0.2) is 0 Å². The van der Waals surface area contributed by atoms with Crippen molar-refractivity contribution in [3.63, 3.8) is 0 Å². The van der Waals surface area contributed by atoms with Crippen LogP contribution in [0.25, 0.3) is 0 Å². The maximum Gasteiger partial charge on any atom is 0.240 e. The van der Waals surface area contributed by atoms with Crippen LogP contribution in [0.1, 0.15) is 12.0 Å². The molecule has 0 radical (unpaired) electrons. The third-order valence-corrected chi connectivity index (χ3v) is 5.28. The second-order valence-electron chi connectivity index (χ2n) is 5.21. The van der Waals surface area contributed by atoms with Crippen LogP contribution in [0.2, 0.25) is 0 Å². The van der Waals surface area contributed by atoms with Crippen LogP contribution in [0, 0.1) is 0 Å². The van der Waals surface area contributed by atoms with Crippen LogP contribution in [-0.2, 0) is 21.4 Å². The number of nitrogens with zero attached hydrogens (tertiary/aromatic N) is 2. The van der Waals surface area contributed by atoms with Gasteiger partial charge in [-0.25, -0.2) is 13.1 Å². The molecular weight excluding hydrogens is 394 g/mol. The highest BCUT2D eigenvalue weighted by Gasteiger charge is 2.15. The summed E-state index contributed by atoms with van der Waals surface area (Å²) in [7, 11) is -1.94. The number of aromatic nitrogens is 1. The Balaban J connectivity index is 1.85. The molecule has 0 saturated carbocycles. The summed E-state index contributed by atoms with van der Waals surface area (Å²) in [6, 6.07) is 10.1. The number of carbonyl (C=O) groups is 1. The summed E-state index contributed by atoms with van der Waals surface area (Å²) in [5.74, 6) is -0.135. The highest BCUT2D eigenvalue weighted by Crippen LogP contribution is 2.15. The molecule has 0 atom stereocenters. The van der Waals surface area contributed by atoms with E-state index in [0.29, 0.717) is 11.0 Å². The van der Waals surface area contributed by atoms with E-state index in [2.05, 4.69) is 25.6 Å². The highest BCUT2D eigenvalue weighted by atomic mass is 79.9. The lowest BCUT2D eigenvalue weighted by molar-refractivity contribution is -0.130. The lowest BCUT2D eigenvalue weighted by Crippen LogP contribution is -2.31. The van der Waals surface area contributed by atoms with E-state index in [-0.39, 0.29) is 23.8 Å². The topological polar surface area (TPSA) is 79.4 Å². The molecule has 0 unspecified atom stereocenters. The van der Waals surface area contributed by atoms with Crippen LogP contribution in [0.15, 0.2) is 58.2 Å². The Bertz CT molecular complexity index is 797. The van der Waals surface area contributed by atoms with Crippen molar-refractivity contribution < 1.29 is 13.2 Å². The van der Waals surface area contributed by atoms with E-state index in [1.807, 2.05) is 12.1 Å². The van der Waals surface area contributed by atoms with Crippen LogP contribution in [0.3, 0.4) is 0 Å². The maximum atomic E-state index is 12.2. The van der Waals surface area contributed by atoms with Gasteiger partial charge in [0.25, 0.3) is 0 Å². The van der Waals surface area contributed by atoms with Crippen molar-refractivity contribution in [3.8, 4) is 0 Å². The molecule has 2 rings (SSSR count). The van der Waals surface area contributed by atoms with Crippen LogP contribution >= 0.6 is 15.9 Å². The SMILES string of the molecule is CN(Cc1ccncc1)C(=O)CCNS(=O)(=O)c1cccc(Br)c1. The molecule has 128 valence electrons. The average molecular weight is 412 g/mol. The number of sulfonamides is 1. The zero-order chi connectivity index (χ0) is 17.6. The van der Waals surface area contributed by atoms with Crippen molar-refractivity contribution in [3.05, 3.63) is 58.8 Å². The number of hydrogen-bond acceptors (Lipinski definition) is 4. The zero-order valence-electron chi connectivity index (χ0n) is 13.1. The zero-order valence-corrected chi connectivity index (χ0v) is 15.5. The van der Waals surface area contributed by atoms with E-state index < -0.39 is 10.0 Å². The lowest BCUT2D eigenvalue weighted by atomic mass is 10.2. The standard InChI is InChI=1S/C16H18BrN3O3S/c1-20(12-13-5-8-18-9-6-13)16(21)7-10-19-24(22,23)15-4-2-3-14(17)11-15/h2-6,8-9,11,19H,7,10,12H2,1H3. The van der Waals surface area contributed by atoms with Gasteiger partial charge in [0.2, 0.25) is 15.9 Å². The number of carbonyl (C=O) groups excluding carboxylic acids is 1. The van der Waals surface area contributed by atoms with E-state index in [0.717, 1.165) is 5.56 Å². The van der Waals surface area contributed by atoms with Gasteiger partial charge in [-0.1, -0.05) is 22.0 Å². The van der Waals surface area contributed by atoms with E-state index in [1.165, 1.54) is 12.1 Å². The largest absolute Gasteiger partial charge is 0.341 e. The second kappa shape index (κ2) is 8.36. The van der Waals surface area contributed by atoms with Gasteiger partial charge in [0.1, 0.15) is 0 Å². The first-order chi connectivity index (χ1) is 11.4. The summed E-state index contributed by atoms with van der Waals surface area (Å²) < 4.78 is 27.5. The Kier molecular flexibility index (Phi) is 6.47. The van der Waals surface area contributed by atoms with Crippen LogP contribution in [-0.4, -0.2) is 37.8 Å². The minimum absolute atomic E-state index is 0.0500. The molecule has 1 N–H and O–H groups in total. The summed E-state index contributed by atoms with van der Waals surface area (Å²) in [6.07, 6.45) is 3.42. The van der Waals surface area contributed by atoms with Crippen LogP contribution in [0.4, 0.5) is 0 Å². The number of benzene rings is 1. The number of amides is 1. The Morgan fingerprint density at radius 3 is 2.62 bits per heavy atom. The number of hydrogen-bond donors (Lipinski definition) is 1. The third kappa shape index (κ3) is 5.40. The molecule has 6 nitrogen and oxygen atoms in total. The number of rotatable bonds is 7. The molecule has 0 fully saturated rings. The van der Waals surface area contributed by atoms with E-state index in [1.54, 1.807) is 36.5 Å². The van der Waals surface area contributed by atoms with Crippen molar-refractivity contribution >= 4 is 31.9 Å². The molecule has 1 aromatic carbocycles. The quantitative estimate of drug-likeness (QED) is 0.756. The Hall–Kier alpha value is -1.77. The summed E-state index contributed by atoms with van der Waals surface area (Å²) in [6.45, 7) is 0.508. The first-order valence-corrected chi connectivity index (χ1v) is 9.54. The van der Waals surface area contributed by atoms with Crippen molar-refractivity contribution in [2.24, 2.45) is 0 Å². The van der Waals surface area contributed by atoms with E-state index in [4.69, 9.17) is 0 Å². The molecule has 1 aromatic heterocycles. The minimum atomic E-state index is -3.62. The summed E-state index contributed by atoms with van der Waals surface area (Å²) in [5.41, 5.74) is 0.968. The molecule has 0 saturated heterocycles. The predicted molar refractivity (Wildman–Crippen MR) is 94.7 cm³/mol. The van der Waals surface area contributed by atoms with Crippen molar-refractivity contribution in [2.45, 2.75) is 17.9 Å². The molecule has 24 heavy (non-hydrogen) atoms. The molecule has 1 amide bonds. The molecular formula is C16H18BrN3O3S. The van der Waals surface area contributed by atoms with Gasteiger partial charge in [-0.2, -0.15) is 0 Å². The van der Waals surface area contributed by atoms with Gasteiger partial charge < -0.3 is 4.90 Å². The van der Waals surface area contributed by atoms with Gasteiger partial charge in [0, 0.05) is 43.4 Å². The summed E-state index contributed by atoms with van der Waals surface area (Å²) in [4.78, 5) is 17.7. The molecule has 0 aliphatic carbocycles. The van der Waals surface area contributed by atoms with Crippen molar-refractivity contribution in [1.82, 2.24) is 14.6 Å². The molecule has 0 aliphatic heterocycles. The molecule has 0 spiro atoms. The van der Waals surface area contributed by atoms with Gasteiger partial charge in [0.05, 0.1) is 4.90 Å². The van der Waals surface area contributed by atoms with Gasteiger partial charge in [-0.3, -0.25) is 9.78 Å². The lowest BCUT2D eigenvalue weighted by Gasteiger charge is -2.17. The third-order valence-electron chi connectivity index (χ3n) is 3.33. The van der Waals surface area contributed by atoms with E-state index >= 15 is 0 Å². The minimum Gasteiger partial charge on any atom is -0.341 e. The summed E-state index contributed by atoms with van der Waals surface area (Å²) in [5, 5.41) is 0. The fraction of sp³-hybridized carbons (Fsp3) is 0.250. The summed E-state index contributed by atoms with van der Waals surface area (Å²) >= 11 is 3.24. The van der Waals surface area contributed by atoms with E-state index in [9.17, 15) is 13.2 Å². The fourth-order valence-corrected chi connectivity index (χ4v) is 3.68. The Morgan fingerprint density at radius 1 is 1.25 bits per heavy atom. The van der Waals surface area contributed by atoms with Gasteiger partial charge in [-0.05, 0) is 35.9 Å². The maximum absolute atomic E-state index is 12.2. The smallest absolute Gasteiger partial charge is 0.240 e. The fourth-order valence-electron chi connectivity index (χ4n) is 2.05. The molecule has 0 bridgehead atoms. The molecule has 0 aliphatic rings. The number of nitrogens with one attached hydrogen (secondary N) is 1. The highest BCUT2D eigenvalue weighted by molar-refractivity contribution is 9.10. The number of pyridine rings is 1. The first kappa shape index (κ1) is 18.6.